The number of carboxylic acids is 1. The van der Waals surface area contributed by atoms with Crippen molar-refractivity contribution in [3.05, 3.63) is 35.9 Å². The molecule has 1 aromatic carbocycles. The Morgan fingerprint density at radius 1 is 1.30 bits per heavy atom. The third kappa shape index (κ3) is 3.48. The molecular formula is C14H17NO5. The van der Waals surface area contributed by atoms with Gasteiger partial charge in [0.15, 0.2) is 0 Å². The number of aliphatic hydroxyl groups is 1. The molecule has 1 amide bonds. The first-order chi connectivity index (χ1) is 9.58. The van der Waals surface area contributed by atoms with Crippen molar-refractivity contribution < 1.29 is 24.5 Å². The van der Waals surface area contributed by atoms with Gasteiger partial charge in [-0.05, 0) is 12.0 Å². The minimum absolute atomic E-state index is 0.0375. The van der Waals surface area contributed by atoms with Gasteiger partial charge in [0.05, 0.1) is 6.10 Å². The van der Waals surface area contributed by atoms with Crippen molar-refractivity contribution in [2.45, 2.75) is 31.6 Å². The van der Waals surface area contributed by atoms with Crippen LogP contribution in [0.15, 0.2) is 30.3 Å². The van der Waals surface area contributed by atoms with E-state index in [4.69, 9.17) is 9.84 Å². The number of nitrogens with zero attached hydrogens (tertiary/aromatic N) is 1. The monoisotopic (exact) mass is 279 g/mol. The second kappa shape index (κ2) is 6.38. The highest BCUT2D eigenvalue weighted by Crippen LogP contribution is 2.19. The molecule has 1 aliphatic heterocycles. The van der Waals surface area contributed by atoms with E-state index in [0.29, 0.717) is 6.42 Å². The number of benzene rings is 1. The van der Waals surface area contributed by atoms with Crippen molar-refractivity contribution in [2.24, 2.45) is 0 Å². The molecule has 20 heavy (non-hydrogen) atoms. The molecular weight excluding hydrogens is 262 g/mol. The van der Waals surface area contributed by atoms with Gasteiger partial charge >= 0.3 is 12.1 Å². The molecule has 6 heteroatoms. The predicted octanol–water partition coefficient (Wildman–Crippen LogP) is 1.23. The summed E-state index contributed by atoms with van der Waals surface area (Å²) in [7, 11) is 0. The van der Waals surface area contributed by atoms with Gasteiger partial charge in [-0.2, -0.15) is 0 Å². The average Bonchev–Trinajstić information content (AvgIpc) is 2.45. The Hall–Kier alpha value is -2.08. The number of carbonyl (C=O) groups is 2. The van der Waals surface area contributed by atoms with Gasteiger partial charge in [0.25, 0.3) is 0 Å². The molecule has 2 N–H and O–H groups in total. The van der Waals surface area contributed by atoms with Crippen LogP contribution in [-0.4, -0.2) is 45.9 Å². The topological polar surface area (TPSA) is 87.1 Å². The third-order valence-corrected chi connectivity index (χ3v) is 3.30. The molecule has 108 valence electrons. The number of hydrogen-bond acceptors (Lipinski definition) is 4. The van der Waals surface area contributed by atoms with Crippen LogP contribution in [-0.2, 0) is 16.1 Å². The number of aliphatic carboxylic acids is 1. The highest BCUT2D eigenvalue weighted by Gasteiger charge is 2.36. The Kier molecular flexibility index (Phi) is 4.57. The van der Waals surface area contributed by atoms with Gasteiger partial charge in [0.2, 0.25) is 0 Å². The molecule has 0 spiro atoms. The maximum Gasteiger partial charge on any atom is 0.410 e. The van der Waals surface area contributed by atoms with E-state index >= 15 is 0 Å². The lowest BCUT2D eigenvalue weighted by Gasteiger charge is -2.34. The largest absolute Gasteiger partial charge is 0.480 e. The Balaban J connectivity index is 1.95. The lowest BCUT2D eigenvalue weighted by molar-refractivity contribution is -0.145. The summed E-state index contributed by atoms with van der Waals surface area (Å²) in [4.78, 5) is 24.2. The number of carbonyl (C=O) groups excluding carboxylic acids is 1. The first kappa shape index (κ1) is 14.3. The summed E-state index contributed by atoms with van der Waals surface area (Å²) in [5.74, 6) is -1.12. The number of carboxylic acid groups (broad SMARTS) is 1. The number of rotatable bonds is 3. The molecule has 2 atom stereocenters. The summed E-state index contributed by atoms with van der Waals surface area (Å²) in [5, 5.41) is 18.6. The van der Waals surface area contributed by atoms with E-state index in [1.807, 2.05) is 30.3 Å². The Morgan fingerprint density at radius 2 is 2.00 bits per heavy atom. The molecule has 0 bridgehead atoms. The molecule has 0 aromatic heterocycles. The molecule has 1 aromatic rings. The lowest BCUT2D eigenvalue weighted by atomic mass is 10.0. The van der Waals surface area contributed by atoms with Crippen LogP contribution in [0.25, 0.3) is 0 Å². The summed E-state index contributed by atoms with van der Waals surface area (Å²) >= 11 is 0. The quantitative estimate of drug-likeness (QED) is 0.869. The van der Waals surface area contributed by atoms with Gasteiger partial charge in [-0.15, -0.1) is 0 Å². The van der Waals surface area contributed by atoms with Crippen molar-refractivity contribution in [3.63, 3.8) is 0 Å². The minimum Gasteiger partial charge on any atom is -0.480 e. The number of amides is 1. The lowest BCUT2D eigenvalue weighted by Crippen LogP contribution is -2.51. The van der Waals surface area contributed by atoms with Crippen LogP contribution in [0.1, 0.15) is 18.4 Å². The molecule has 0 unspecified atom stereocenters. The van der Waals surface area contributed by atoms with Crippen molar-refractivity contribution in [1.29, 1.82) is 0 Å². The third-order valence-electron chi connectivity index (χ3n) is 3.30. The summed E-state index contributed by atoms with van der Waals surface area (Å²) in [6.07, 6.45) is -0.942. The number of aliphatic hydroxyl groups excluding tert-OH is 1. The zero-order valence-electron chi connectivity index (χ0n) is 10.9. The smallest absolute Gasteiger partial charge is 0.410 e. The van der Waals surface area contributed by atoms with E-state index in [1.54, 1.807) is 0 Å². The Bertz CT molecular complexity index is 476. The van der Waals surface area contributed by atoms with E-state index in [2.05, 4.69) is 0 Å². The van der Waals surface area contributed by atoms with Crippen molar-refractivity contribution in [1.82, 2.24) is 4.90 Å². The normalized spacial score (nSPS) is 22.4. The molecule has 0 saturated carbocycles. The van der Waals surface area contributed by atoms with Crippen LogP contribution in [0.2, 0.25) is 0 Å². The van der Waals surface area contributed by atoms with E-state index in [1.165, 1.54) is 0 Å². The zero-order valence-corrected chi connectivity index (χ0v) is 10.9. The maximum atomic E-state index is 12.0. The second-order valence-electron chi connectivity index (χ2n) is 4.77. The van der Waals surface area contributed by atoms with Gasteiger partial charge in [0, 0.05) is 13.0 Å². The number of ether oxygens (including phenoxy) is 1. The molecule has 2 rings (SSSR count). The first-order valence-electron chi connectivity index (χ1n) is 6.46. The fourth-order valence-electron chi connectivity index (χ4n) is 2.20. The highest BCUT2D eigenvalue weighted by molar-refractivity contribution is 5.80. The van der Waals surface area contributed by atoms with Gasteiger partial charge < -0.3 is 14.9 Å². The summed E-state index contributed by atoms with van der Waals surface area (Å²) < 4.78 is 5.13. The summed E-state index contributed by atoms with van der Waals surface area (Å²) in [5.41, 5.74) is 0.838. The van der Waals surface area contributed by atoms with Crippen molar-refractivity contribution in [2.75, 3.05) is 6.54 Å². The SMILES string of the molecule is O=C(O)[C@H]1C[C@@H](O)CCN1C(=O)OCc1ccccc1. The Morgan fingerprint density at radius 3 is 2.65 bits per heavy atom. The zero-order chi connectivity index (χ0) is 14.5. The first-order valence-corrected chi connectivity index (χ1v) is 6.46. The van der Waals surface area contributed by atoms with Crippen LogP contribution in [0.3, 0.4) is 0 Å². The van der Waals surface area contributed by atoms with Crippen LogP contribution in [0, 0.1) is 0 Å². The number of piperidine rings is 1. The van der Waals surface area contributed by atoms with E-state index < -0.39 is 24.2 Å². The second-order valence-corrected chi connectivity index (χ2v) is 4.77. The maximum absolute atomic E-state index is 12.0. The molecule has 6 nitrogen and oxygen atoms in total. The van der Waals surface area contributed by atoms with Crippen LogP contribution >= 0.6 is 0 Å². The fraction of sp³-hybridized carbons (Fsp3) is 0.429. The van der Waals surface area contributed by atoms with E-state index in [9.17, 15) is 14.7 Å². The molecule has 1 saturated heterocycles. The number of likely N-dealkylation sites (tertiary alicyclic amines) is 1. The van der Waals surface area contributed by atoms with Gasteiger partial charge in [0.1, 0.15) is 12.6 Å². The minimum atomic E-state index is -1.12. The summed E-state index contributed by atoms with van der Waals surface area (Å²) in [6, 6.07) is 8.14. The van der Waals surface area contributed by atoms with Crippen molar-refractivity contribution in [3.8, 4) is 0 Å². The molecule has 1 heterocycles. The van der Waals surface area contributed by atoms with Crippen LogP contribution < -0.4 is 0 Å². The number of hydrogen-bond donors (Lipinski definition) is 2. The fourth-order valence-corrected chi connectivity index (χ4v) is 2.20. The highest BCUT2D eigenvalue weighted by atomic mass is 16.6. The standard InChI is InChI=1S/C14H17NO5/c16-11-6-7-15(12(8-11)13(17)18)14(19)20-9-10-4-2-1-3-5-10/h1-5,11-12,16H,6-9H2,(H,17,18)/t11-,12+/m0/s1. The van der Waals surface area contributed by atoms with Crippen molar-refractivity contribution >= 4 is 12.1 Å². The van der Waals surface area contributed by atoms with E-state index in [0.717, 1.165) is 10.5 Å². The molecule has 0 radical (unpaired) electrons. The average molecular weight is 279 g/mol. The van der Waals surface area contributed by atoms with Crippen LogP contribution in [0.5, 0.6) is 0 Å². The summed E-state index contributed by atoms with van der Waals surface area (Å²) in [6.45, 7) is 0.289. The van der Waals surface area contributed by atoms with E-state index in [-0.39, 0.29) is 19.6 Å². The molecule has 1 fully saturated rings. The molecule has 0 aliphatic carbocycles. The van der Waals surface area contributed by atoms with Gasteiger partial charge in [-0.1, -0.05) is 30.3 Å². The van der Waals surface area contributed by atoms with Gasteiger partial charge in [-0.3, -0.25) is 4.90 Å². The van der Waals surface area contributed by atoms with Gasteiger partial charge in [-0.25, -0.2) is 9.59 Å². The molecule has 1 aliphatic rings. The van der Waals surface area contributed by atoms with Crippen LogP contribution in [0.4, 0.5) is 4.79 Å². The Labute approximate surface area is 116 Å². The predicted molar refractivity (Wildman–Crippen MR) is 70.0 cm³/mol.